The topological polar surface area (TPSA) is 46.1 Å². The first-order valence-corrected chi connectivity index (χ1v) is 7.78. The maximum absolute atomic E-state index is 5.94. The monoisotopic (exact) mass is 417 g/mol. The van der Waals surface area contributed by atoms with E-state index in [4.69, 9.17) is 14.5 Å². The van der Waals surface area contributed by atoms with Crippen molar-refractivity contribution in [3.8, 4) is 11.5 Å². The van der Waals surface area contributed by atoms with Crippen molar-refractivity contribution < 1.29 is 9.47 Å². The molecule has 1 unspecified atom stereocenters. The van der Waals surface area contributed by atoms with Gasteiger partial charge in [0, 0.05) is 19.6 Å². The summed E-state index contributed by atoms with van der Waals surface area (Å²) in [5.74, 6) is 2.64. The van der Waals surface area contributed by atoms with Crippen LogP contribution in [0.2, 0.25) is 0 Å². The van der Waals surface area contributed by atoms with Crippen LogP contribution in [0.1, 0.15) is 19.8 Å². The Morgan fingerprint density at radius 3 is 2.73 bits per heavy atom. The Morgan fingerprint density at radius 1 is 1.27 bits per heavy atom. The third kappa shape index (κ3) is 4.18. The molecule has 0 aliphatic carbocycles. The van der Waals surface area contributed by atoms with E-state index in [0.717, 1.165) is 37.1 Å². The number of para-hydroxylation sites is 2. The minimum Gasteiger partial charge on any atom is -0.486 e. The molecule has 2 heterocycles. The van der Waals surface area contributed by atoms with Crippen LogP contribution in [0, 0.1) is 0 Å². The second-order valence-corrected chi connectivity index (χ2v) is 5.39. The van der Waals surface area contributed by atoms with E-state index < -0.39 is 0 Å². The number of guanidine groups is 1. The van der Waals surface area contributed by atoms with Crippen LogP contribution in [0.15, 0.2) is 29.3 Å². The first kappa shape index (κ1) is 17.2. The van der Waals surface area contributed by atoms with Gasteiger partial charge >= 0.3 is 0 Å². The molecule has 5 nitrogen and oxygen atoms in total. The predicted octanol–water partition coefficient (Wildman–Crippen LogP) is 2.51. The third-order valence-corrected chi connectivity index (χ3v) is 3.75. The second-order valence-electron chi connectivity index (χ2n) is 5.39. The van der Waals surface area contributed by atoms with Gasteiger partial charge in [-0.15, -0.1) is 24.0 Å². The molecule has 1 aromatic rings. The summed E-state index contributed by atoms with van der Waals surface area (Å²) < 4.78 is 11.7. The minimum absolute atomic E-state index is 0. The number of aliphatic imine (C=N–C) groups is 1. The fraction of sp³-hybridized carbons (Fsp3) is 0.562. The highest BCUT2D eigenvalue weighted by Crippen LogP contribution is 2.30. The summed E-state index contributed by atoms with van der Waals surface area (Å²) in [5, 5.41) is 3.36. The molecule has 0 amide bonds. The van der Waals surface area contributed by atoms with Gasteiger partial charge in [0.1, 0.15) is 6.61 Å². The summed E-state index contributed by atoms with van der Waals surface area (Å²) in [5.41, 5.74) is 0. The number of rotatable bonds is 3. The van der Waals surface area contributed by atoms with Crippen molar-refractivity contribution >= 4 is 29.9 Å². The summed E-state index contributed by atoms with van der Waals surface area (Å²) in [6.45, 7) is 6.35. The maximum Gasteiger partial charge on any atom is 0.194 e. The molecule has 1 saturated heterocycles. The van der Waals surface area contributed by atoms with Gasteiger partial charge in [-0.1, -0.05) is 12.1 Å². The zero-order chi connectivity index (χ0) is 14.5. The van der Waals surface area contributed by atoms with E-state index >= 15 is 0 Å². The highest BCUT2D eigenvalue weighted by Gasteiger charge is 2.21. The van der Waals surface area contributed by atoms with Gasteiger partial charge in [0.15, 0.2) is 23.6 Å². The Labute approximate surface area is 149 Å². The number of ether oxygens (including phenoxy) is 2. The van der Waals surface area contributed by atoms with Gasteiger partial charge in [-0.05, 0) is 31.9 Å². The van der Waals surface area contributed by atoms with Crippen LogP contribution in [0.4, 0.5) is 0 Å². The van der Waals surface area contributed by atoms with E-state index in [-0.39, 0.29) is 30.1 Å². The average molecular weight is 417 g/mol. The maximum atomic E-state index is 5.94. The van der Waals surface area contributed by atoms with Gasteiger partial charge in [-0.3, -0.25) is 0 Å². The van der Waals surface area contributed by atoms with Crippen LogP contribution in [-0.4, -0.2) is 49.7 Å². The van der Waals surface area contributed by atoms with Crippen LogP contribution in [0.25, 0.3) is 0 Å². The molecule has 6 heteroatoms. The predicted molar refractivity (Wildman–Crippen MR) is 98.6 cm³/mol. The van der Waals surface area contributed by atoms with Gasteiger partial charge < -0.3 is 19.7 Å². The van der Waals surface area contributed by atoms with Gasteiger partial charge in [-0.2, -0.15) is 0 Å². The van der Waals surface area contributed by atoms with Crippen molar-refractivity contribution in [2.24, 2.45) is 4.99 Å². The molecule has 1 aromatic carbocycles. The van der Waals surface area contributed by atoms with E-state index in [1.165, 1.54) is 12.8 Å². The number of fused-ring (bicyclic) bond motifs is 1. The Balaban J connectivity index is 0.00000176. The molecular formula is C16H24IN3O2. The van der Waals surface area contributed by atoms with Crippen LogP contribution >= 0.6 is 24.0 Å². The summed E-state index contributed by atoms with van der Waals surface area (Å²) in [4.78, 5) is 7.04. The molecule has 3 rings (SSSR count). The van der Waals surface area contributed by atoms with Crippen LogP contribution in [0.5, 0.6) is 11.5 Å². The van der Waals surface area contributed by atoms with E-state index in [2.05, 4.69) is 17.1 Å². The molecule has 0 bridgehead atoms. The van der Waals surface area contributed by atoms with Crippen molar-refractivity contribution in [1.29, 1.82) is 0 Å². The molecular weight excluding hydrogens is 393 g/mol. The van der Waals surface area contributed by atoms with Gasteiger partial charge in [-0.25, -0.2) is 4.99 Å². The molecule has 0 spiro atoms. The largest absolute Gasteiger partial charge is 0.486 e. The summed E-state index contributed by atoms with van der Waals surface area (Å²) in [6, 6.07) is 7.79. The number of benzene rings is 1. The second kappa shape index (κ2) is 8.45. The van der Waals surface area contributed by atoms with Crippen molar-refractivity contribution in [2.75, 3.05) is 32.8 Å². The van der Waals surface area contributed by atoms with Crippen molar-refractivity contribution in [3.05, 3.63) is 24.3 Å². The van der Waals surface area contributed by atoms with Crippen LogP contribution in [-0.2, 0) is 0 Å². The molecule has 122 valence electrons. The molecule has 0 saturated carbocycles. The normalized spacial score (nSPS) is 20.5. The number of nitrogens with zero attached hydrogens (tertiary/aromatic N) is 2. The summed E-state index contributed by atoms with van der Waals surface area (Å²) in [6.07, 6.45) is 2.48. The van der Waals surface area contributed by atoms with Gasteiger partial charge in [0.05, 0.1) is 6.54 Å². The molecule has 0 aromatic heterocycles. The Hall–Kier alpha value is -1.18. The first-order valence-electron chi connectivity index (χ1n) is 7.78. The lowest BCUT2D eigenvalue weighted by Gasteiger charge is -2.26. The highest BCUT2D eigenvalue weighted by atomic mass is 127. The number of likely N-dealkylation sites (tertiary alicyclic amines) is 1. The lowest BCUT2D eigenvalue weighted by Crippen LogP contribution is -2.41. The minimum atomic E-state index is -0.0174. The molecule has 0 radical (unpaired) electrons. The lowest BCUT2D eigenvalue weighted by atomic mass is 10.2. The summed E-state index contributed by atoms with van der Waals surface area (Å²) >= 11 is 0. The van der Waals surface area contributed by atoms with Crippen molar-refractivity contribution in [1.82, 2.24) is 10.2 Å². The van der Waals surface area contributed by atoms with Crippen molar-refractivity contribution in [2.45, 2.75) is 25.9 Å². The zero-order valence-corrected chi connectivity index (χ0v) is 15.3. The number of hydrogen-bond donors (Lipinski definition) is 1. The fourth-order valence-corrected chi connectivity index (χ4v) is 2.70. The molecule has 22 heavy (non-hydrogen) atoms. The molecule has 1 N–H and O–H groups in total. The Kier molecular flexibility index (Phi) is 6.60. The zero-order valence-electron chi connectivity index (χ0n) is 13.0. The number of hydrogen-bond acceptors (Lipinski definition) is 3. The molecule has 1 atom stereocenters. The average Bonchev–Trinajstić information content (AvgIpc) is 3.05. The Morgan fingerprint density at radius 2 is 2.00 bits per heavy atom. The quantitative estimate of drug-likeness (QED) is 0.467. The van der Waals surface area contributed by atoms with E-state index in [1.54, 1.807) is 0 Å². The van der Waals surface area contributed by atoms with E-state index in [9.17, 15) is 0 Å². The molecule has 2 aliphatic rings. The Bertz CT molecular complexity index is 504. The summed E-state index contributed by atoms with van der Waals surface area (Å²) in [7, 11) is 0. The number of halogens is 1. The highest BCUT2D eigenvalue weighted by molar-refractivity contribution is 14.0. The molecule has 2 aliphatic heterocycles. The number of nitrogens with one attached hydrogen (secondary N) is 1. The fourth-order valence-electron chi connectivity index (χ4n) is 2.70. The molecule has 1 fully saturated rings. The van der Waals surface area contributed by atoms with Crippen LogP contribution in [0.3, 0.4) is 0 Å². The van der Waals surface area contributed by atoms with Gasteiger partial charge in [0.25, 0.3) is 0 Å². The van der Waals surface area contributed by atoms with Crippen LogP contribution < -0.4 is 14.8 Å². The lowest BCUT2D eigenvalue weighted by molar-refractivity contribution is 0.0969. The first-order chi connectivity index (χ1) is 10.4. The SMILES string of the molecule is CCNC(=NCC1COc2ccccc2O1)N1CCCC1.I. The van der Waals surface area contributed by atoms with E-state index in [0.29, 0.717) is 13.2 Å². The smallest absolute Gasteiger partial charge is 0.194 e. The van der Waals surface area contributed by atoms with Crippen molar-refractivity contribution in [3.63, 3.8) is 0 Å². The third-order valence-electron chi connectivity index (χ3n) is 3.75. The van der Waals surface area contributed by atoms with Gasteiger partial charge in [0.2, 0.25) is 0 Å². The standard InChI is InChI=1S/C16H23N3O2.HI/c1-2-17-16(19-9-5-6-10-19)18-11-13-12-20-14-7-3-4-8-15(14)21-13;/h3-4,7-8,13H,2,5-6,9-12H2,1H3,(H,17,18);1H. The van der Waals surface area contributed by atoms with E-state index in [1.807, 2.05) is 24.3 Å².